The van der Waals surface area contributed by atoms with Gasteiger partial charge in [0.2, 0.25) is 11.5 Å². The normalized spacial score (nSPS) is 11.5. The second-order valence-electron chi connectivity index (χ2n) is 8.02. The summed E-state index contributed by atoms with van der Waals surface area (Å²) in [6.45, 7) is 9.52. The molecule has 0 saturated heterocycles. The molecule has 0 aromatic carbocycles. The minimum absolute atomic E-state index is 0.129. The van der Waals surface area contributed by atoms with Gasteiger partial charge in [-0.3, -0.25) is 14.0 Å². The van der Waals surface area contributed by atoms with Gasteiger partial charge < -0.3 is 15.8 Å². The number of amides is 1. The Kier molecular flexibility index (Phi) is 7.22. The van der Waals surface area contributed by atoms with E-state index in [4.69, 9.17) is 15.5 Å². The van der Waals surface area contributed by atoms with Crippen LogP contribution < -0.4 is 21.2 Å². The van der Waals surface area contributed by atoms with E-state index in [-0.39, 0.29) is 17.6 Å². The first-order valence-corrected chi connectivity index (χ1v) is 10.9. The van der Waals surface area contributed by atoms with Gasteiger partial charge in [0, 0.05) is 31.3 Å². The minimum atomic E-state index is -0.284. The van der Waals surface area contributed by atoms with E-state index < -0.39 is 0 Å². The summed E-state index contributed by atoms with van der Waals surface area (Å²) in [7, 11) is 0. The van der Waals surface area contributed by atoms with Gasteiger partial charge in [0.1, 0.15) is 10.9 Å². The average Bonchev–Trinajstić information content (AvgIpc) is 2.73. The van der Waals surface area contributed by atoms with Crippen molar-refractivity contribution in [1.29, 1.82) is 0 Å². The van der Waals surface area contributed by atoms with Crippen molar-refractivity contribution < 1.29 is 14.1 Å². The predicted octanol–water partition coefficient (Wildman–Crippen LogP) is 2.37. The van der Waals surface area contributed by atoms with Gasteiger partial charge >= 0.3 is 0 Å². The molecule has 0 aliphatic carbocycles. The molecule has 3 aromatic rings. The van der Waals surface area contributed by atoms with Crippen molar-refractivity contribution in [2.45, 2.75) is 59.6 Å². The Morgan fingerprint density at radius 2 is 2.13 bits per heavy atom. The molecule has 3 N–H and O–H groups in total. The summed E-state index contributed by atoms with van der Waals surface area (Å²) in [5.74, 6) is 0.0182. The monoisotopic (exact) mass is 426 g/mol. The average molecular weight is 427 g/mol. The van der Waals surface area contributed by atoms with Crippen LogP contribution in [-0.4, -0.2) is 34.5 Å². The number of aryl methyl sites for hydroxylation is 2. The molecular weight excluding hydrogens is 394 g/mol. The number of nitrogens with one attached hydrogen (secondary N) is 1. The van der Waals surface area contributed by atoms with Crippen LogP contribution in [0.2, 0.25) is 0 Å². The van der Waals surface area contributed by atoms with Crippen LogP contribution in [0.5, 0.6) is 0 Å². The molecule has 0 aliphatic rings. The second kappa shape index (κ2) is 9.87. The van der Waals surface area contributed by atoms with Crippen LogP contribution >= 0.6 is 0 Å². The van der Waals surface area contributed by atoms with Gasteiger partial charge in [-0.15, -0.1) is 0 Å². The van der Waals surface area contributed by atoms with Crippen LogP contribution in [0.1, 0.15) is 56.0 Å². The highest BCUT2D eigenvalue weighted by atomic mass is 16.5. The first-order valence-electron chi connectivity index (χ1n) is 10.9. The summed E-state index contributed by atoms with van der Waals surface area (Å²) in [5.41, 5.74) is 8.45. The molecule has 8 nitrogen and oxygen atoms in total. The van der Waals surface area contributed by atoms with Gasteiger partial charge in [-0.2, -0.15) is 0 Å². The number of rotatable bonds is 9. The maximum atomic E-state index is 13.3. The lowest BCUT2D eigenvalue weighted by atomic mass is 10.1. The molecule has 31 heavy (non-hydrogen) atoms. The standard InChI is InChI=1S/C23H31N5O3/c1-5-6-10-25-22(29)17-14-18-21(27(19(17)24)12-8-13-31-15(2)3)26-20-16(4)9-7-11-28(20)23(18)30/h7,9,11,14-15,24H,5-6,8,10,12-13H2,1-4H3,(H,25,29)/p+1. The van der Waals surface area contributed by atoms with Gasteiger partial charge in [-0.1, -0.05) is 24.4 Å². The number of ether oxygens (including phenoxy) is 1. The Hall–Kier alpha value is -3.00. The van der Waals surface area contributed by atoms with Crippen molar-refractivity contribution in [3.63, 3.8) is 0 Å². The maximum Gasteiger partial charge on any atom is 0.278 e. The molecule has 3 aromatic heterocycles. The van der Waals surface area contributed by atoms with E-state index in [1.165, 1.54) is 4.40 Å². The van der Waals surface area contributed by atoms with Crippen molar-refractivity contribution in [2.24, 2.45) is 0 Å². The molecule has 1 amide bonds. The van der Waals surface area contributed by atoms with Crippen molar-refractivity contribution in [3.8, 4) is 0 Å². The summed E-state index contributed by atoms with van der Waals surface area (Å²) in [4.78, 5) is 30.9. The Labute approximate surface area is 182 Å². The third kappa shape index (κ3) is 4.85. The van der Waals surface area contributed by atoms with Crippen LogP contribution in [0, 0.1) is 6.92 Å². The van der Waals surface area contributed by atoms with E-state index in [0.717, 1.165) is 18.4 Å². The Bertz CT molecular complexity index is 1150. The molecule has 0 aliphatic heterocycles. The van der Waals surface area contributed by atoms with Gasteiger partial charge in [0.15, 0.2) is 0 Å². The van der Waals surface area contributed by atoms with Crippen LogP contribution in [0.4, 0.5) is 5.82 Å². The van der Waals surface area contributed by atoms with Gasteiger partial charge in [-0.05, 0) is 39.3 Å². The number of nitrogen functional groups attached to an aromatic ring is 1. The quantitative estimate of drug-likeness (QED) is 0.311. The van der Waals surface area contributed by atoms with Crippen LogP contribution in [-0.2, 0) is 11.3 Å². The van der Waals surface area contributed by atoms with Gasteiger partial charge in [-0.25, -0.2) is 4.57 Å². The fraction of sp³-hybridized carbons (Fsp3) is 0.478. The zero-order chi connectivity index (χ0) is 22.5. The van der Waals surface area contributed by atoms with Crippen LogP contribution in [0.15, 0.2) is 29.2 Å². The third-order valence-corrected chi connectivity index (χ3v) is 5.21. The van der Waals surface area contributed by atoms with Gasteiger partial charge in [0.05, 0.1) is 12.6 Å². The number of hydrogen-bond acceptors (Lipinski definition) is 5. The molecule has 3 heterocycles. The number of carbonyl (C=O) groups is 1. The van der Waals surface area contributed by atoms with Crippen molar-refractivity contribution in [2.75, 3.05) is 18.9 Å². The zero-order valence-electron chi connectivity index (χ0n) is 18.8. The van der Waals surface area contributed by atoms with Crippen molar-refractivity contribution in [1.82, 2.24) is 14.7 Å². The number of fused-ring (bicyclic) bond motifs is 2. The Balaban J connectivity index is 2.16. The number of nitrogens with two attached hydrogens (primary N) is 1. The van der Waals surface area contributed by atoms with E-state index in [9.17, 15) is 9.59 Å². The van der Waals surface area contributed by atoms with Crippen molar-refractivity contribution in [3.05, 3.63) is 45.9 Å². The number of hydrogen-bond donors (Lipinski definition) is 2. The highest BCUT2D eigenvalue weighted by molar-refractivity contribution is 6.00. The lowest BCUT2D eigenvalue weighted by molar-refractivity contribution is -0.659. The number of anilines is 1. The first-order chi connectivity index (χ1) is 14.8. The Morgan fingerprint density at radius 3 is 2.84 bits per heavy atom. The fourth-order valence-electron chi connectivity index (χ4n) is 3.53. The fourth-order valence-corrected chi connectivity index (χ4v) is 3.53. The summed E-state index contributed by atoms with van der Waals surface area (Å²) in [5, 5.41) is 3.26. The van der Waals surface area contributed by atoms with Crippen LogP contribution in [0.25, 0.3) is 16.7 Å². The minimum Gasteiger partial charge on any atom is -0.379 e. The zero-order valence-corrected chi connectivity index (χ0v) is 18.8. The van der Waals surface area contributed by atoms with E-state index in [2.05, 4.69) is 12.2 Å². The number of aromatic nitrogens is 3. The smallest absolute Gasteiger partial charge is 0.278 e. The molecule has 0 atom stereocenters. The summed E-state index contributed by atoms with van der Waals surface area (Å²) < 4.78 is 8.93. The SMILES string of the molecule is CCCCNC(=O)c1cc2c(=O)n3cccc(C)c3nc2[n+](CCCOC(C)C)c1N. The predicted molar refractivity (Wildman–Crippen MR) is 121 cm³/mol. The summed E-state index contributed by atoms with van der Waals surface area (Å²) in [6, 6.07) is 5.29. The molecule has 0 unspecified atom stereocenters. The number of nitrogens with zero attached hydrogens (tertiary/aromatic N) is 3. The van der Waals surface area contributed by atoms with E-state index in [1.54, 1.807) is 16.8 Å². The van der Waals surface area contributed by atoms with E-state index in [1.807, 2.05) is 32.9 Å². The molecule has 0 fully saturated rings. The molecule has 8 heteroatoms. The second-order valence-corrected chi connectivity index (χ2v) is 8.02. The molecule has 0 saturated carbocycles. The van der Waals surface area contributed by atoms with E-state index >= 15 is 0 Å². The lowest BCUT2D eigenvalue weighted by Gasteiger charge is -2.13. The van der Waals surface area contributed by atoms with E-state index in [0.29, 0.717) is 54.2 Å². The van der Waals surface area contributed by atoms with Crippen LogP contribution in [0.3, 0.4) is 0 Å². The molecule has 0 radical (unpaired) electrons. The highest BCUT2D eigenvalue weighted by Gasteiger charge is 2.24. The largest absolute Gasteiger partial charge is 0.379 e. The summed E-state index contributed by atoms with van der Waals surface area (Å²) in [6.07, 6.45) is 4.34. The molecular formula is C23H32N5O3+. The van der Waals surface area contributed by atoms with Crippen molar-refractivity contribution >= 4 is 28.4 Å². The topological polar surface area (TPSA) is 103 Å². The first kappa shape index (κ1) is 22.7. The van der Waals surface area contributed by atoms with Gasteiger partial charge in [0.25, 0.3) is 17.1 Å². The summed E-state index contributed by atoms with van der Waals surface area (Å²) >= 11 is 0. The number of unbranched alkanes of at least 4 members (excludes halogenated alkanes) is 1. The third-order valence-electron chi connectivity index (χ3n) is 5.21. The molecule has 0 bridgehead atoms. The highest BCUT2D eigenvalue weighted by Crippen LogP contribution is 2.16. The Morgan fingerprint density at radius 1 is 1.35 bits per heavy atom. The number of carbonyl (C=O) groups excluding carboxylic acids is 1. The molecule has 3 rings (SSSR count). The number of pyridine rings is 2. The molecule has 166 valence electrons. The molecule has 0 spiro atoms. The lowest BCUT2D eigenvalue weighted by Crippen LogP contribution is -2.43. The maximum absolute atomic E-state index is 13.3.